The van der Waals surface area contributed by atoms with Gasteiger partial charge in [-0.15, -0.1) is 0 Å². The van der Waals surface area contributed by atoms with E-state index in [9.17, 15) is 9.18 Å². The number of halogens is 1. The van der Waals surface area contributed by atoms with E-state index in [1.54, 1.807) is 25.1 Å². The van der Waals surface area contributed by atoms with E-state index in [1.165, 1.54) is 18.3 Å². The van der Waals surface area contributed by atoms with Crippen molar-refractivity contribution in [3.63, 3.8) is 0 Å². The van der Waals surface area contributed by atoms with Crippen LogP contribution in [0.2, 0.25) is 0 Å². The Balaban J connectivity index is 2.25. The van der Waals surface area contributed by atoms with E-state index in [0.717, 1.165) is 0 Å². The third-order valence-electron chi connectivity index (χ3n) is 2.43. The van der Waals surface area contributed by atoms with E-state index in [1.807, 2.05) is 0 Å². The van der Waals surface area contributed by atoms with Gasteiger partial charge in [-0.2, -0.15) is 0 Å². The Morgan fingerprint density at radius 3 is 2.67 bits per heavy atom. The van der Waals surface area contributed by atoms with Crippen molar-refractivity contribution < 1.29 is 14.3 Å². The van der Waals surface area contributed by atoms with E-state index in [0.29, 0.717) is 16.9 Å². The van der Waals surface area contributed by atoms with E-state index in [4.69, 9.17) is 5.11 Å². The number of aromatic nitrogens is 1. The summed E-state index contributed by atoms with van der Waals surface area (Å²) in [5, 5.41) is 11.8. The molecule has 0 fully saturated rings. The second-order valence-electron chi connectivity index (χ2n) is 3.82. The molecule has 0 aliphatic rings. The van der Waals surface area contributed by atoms with Crippen LogP contribution in [0.25, 0.3) is 0 Å². The molecule has 1 heterocycles. The quantitative estimate of drug-likeness (QED) is 0.874. The normalized spacial score (nSPS) is 10.1. The zero-order valence-corrected chi connectivity index (χ0v) is 9.64. The molecule has 0 amide bonds. The molecule has 92 valence electrons. The Morgan fingerprint density at radius 2 is 2.00 bits per heavy atom. The number of pyridine rings is 1. The first-order chi connectivity index (χ1) is 8.56. The maximum atomic E-state index is 13.1. The maximum absolute atomic E-state index is 13.1. The summed E-state index contributed by atoms with van der Waals surface area (Å²) in [6.07, 6.45) is 1.40. The van der Waals surface area contributed by atoms with Gasteiger partial charge < -0.3 is 10.4 Å². The van der Waals surface area contributed by atoms with Gasteiger partial charge in [-0.3, -0.25) is 0 Å². The van der Waals surface area contributed by atoms with Gasteiger partial charge in [0.15, 0.2) is 0 Å². The number of hydrogen-bond acceptors (Lipinski definition) is 3. The molecule has 0 bridgehead atoms. The smallest absolute Gasteiger partial charge is 0.354 e. The Kier molecular flexibility index (Phi) is 3.23. The van der Waals surface area contributed by atoms with Crippen molar-refractivity contribution in [2.24, 2.45) is 0 Å². The molecule has 0 atom stereocenters. The third kappa shape index (κ3) is 2.63. The SMILES string of the molecule is Cc1cc(Nc2ccnc(C(=O)O)c2)ccc1F. The molecule has 2 rings (SSSR count). The Labute approximate surface area is 103 Å². The molecule has 2 aromatic rings. The summed E-state index contributed by atoms with van der Waals surface area (Å²) in [7, 11) is 0. The maximum Gasteiger partial charge on any atom is 0.354 e. The molecule has 2 N–H and O–H groups in total. The van der Waals surface area contributed by atoms with Crippen LogP contribution in [-0.4, -0.2) is 16.1 Å². The van der Waals surface area contributed by atoms with E-state index >= 15 is 0 Å². The minimum Gasteiger partial charge on any atom is -0.477 e. The van der Waals surface area contributed by atoms with Gasteiger partial charge in [0.25, 0.3) is 0 Å². The van der Waals surface area contributed by atoms with Crippen LogP contribution in [0, 0.1) is 12.7 Å². The van der Waals surface area contributed by atoms with Crippen molar-refractivity contribution in [3.05, 3.63) is 53.6 Å². The topological polar surface area (TPSA) is 62.2 Å². The summed E-state index contributed by atoms with van der Waals surface area (Å²) < 4.78 is 13.1. The number of nitrogens with zero attached hydrogens (tertiary/aromatic N) is 1. The molecule has 0 unspecified atom stereocenters. The Morgan fingerprint density at radius 1 is 1.28 bits per heavy atom. The lowest BCUT2D eigenvalue weighted by Gasteiger charge is -2.08. The van der Waals surface area contributed by atoms with Crippen molar-refractivity contribution in [1.29, 1.82) is 0 Å². The lowest BCUT2D eigenvalue weighted by molar-refractivity contribution is 0.0690. The molecular formula is C13H11FN2O2. The van der Waals surface area contributed by atoms with E-state index in [-0.39, 0.29) is 11.5 Å². The number of carboxylic acid groups (broad SMARTS) is 1. The standard InChI is InChI=1S/C13H11FN2O2/c1-8-6-9(2-3-11(8)14)16-10-4-5-15-12(7-10)13(17)18/h2-7H,1H3,(H,15,16)(H,17,18). The molecule has 5 heteroatoms. The number of carboxylic acids is 1. The highest BCUT2D eigenvalue weighted by Gasteiger charge is 2.05. The van der Waals surface area contributed by atoms with Crippen LogP contribution in [0.4, 0.5) is 15.8 Å². The average molecular weight is 246 g/mol. The van der Waals surface area contributed by atoms with Crippen LogP contribution >= 0.6 is 0 Å². The molecular weight excluding hydrogens is 235 g/mol. The molecule has 1 aromatic heterocycles. The summed E-state index contributed by atoms with van der Waals surface area (Å²) in [5.41, 5.74) is 1.76. The molecule has 0 saturated carbocycles. The summed E-state index contributed by atoms with van der Waals surface area (Å²) in [6.45, 7) is 1.66. The zero-order valence-electron chi connectivity index (χ0n) is 9.64. The minimum atomic E-state index is -1.09. The molecule has 18 heavy (non-hydrogen) atoms. The fraction of sp³-hybridized carbons (Fsp3) is 0.0769. The van der Waals surface area contributed by atoms with Crippen molar-refractivity contribution in [1.82, 2.24) is 4.98 Å². The number of nitrogens with one attached hydrogen (secondary N) is 1. The fourth-order valence-electron chi connectivity index (χ4n) is 1.51. The first-order valence-electron chi connectivity index (χ1n) is 5.29. The first-order valence-corrected chi connectivity index (χ1v) is 5.29. The predicted octanol–water partition coefficient (Wildman–Crippen LogP) is 2.97. The fourth-order valence-corrected chi connectivity index (χ4v) is 1.51. The van der Waals surface area contributed by atoms with Gasteiger partial charge in [0.05, 0.1) is 0 Å². The molecule has 0 spiro atoms. The van der Waals surface area contributed by atoms with Crippen LogP contribution in [0.15, 0.2) is 36.5 Å². The first kappa shape index (κ1) is 12.0. The van der Waals surface area contributed by atoms with Gasteiger partial charge >= 0.3 is 5.97 Å². The summed E-state index contributed by atoms with van der Waals surface area (Å²) in [5.74, 6) is -1.37. The Hall–Kier alpha value is -2.43. The van der Waals surface area contributed by atoms with Crippen molar-refractivity contribution in [2.75, 3.05) is 5.32 Å². The number of hydrogen-bond donors (Lipinski definition) is 2. The summed E-state index contributed by atoms with van der Waals surface area (Å²) in [4.78, 5) is 14.5. The van der Waals surface area contributed by atoms with Crippen LogP contribution in [-0.2, 0) is 0 Å². The largest absolute Gasteiger partial charge is 0.477 e. The van der Waals surface area contributed by atoms with Crippen molar-refractivity contribution in [3.8, 4) is 0 Å². The van der Waals surface area contributed by atoms with Crippen molar-refractivity contribution in [2.45, 2.75) is 6.92 Å². The number of aryl methyl sites for hydroxylation is 1. The van der Waals surface area contributed by atoms with Gasteiger partial charge in [0, 0.05) is 17.6 Å². The minimum absolute atomic E-state index is 0.0427. The summed E-state index contributed by atoms with van der Waals surface area (Å²) in [6, 6.07) is 7.66. The lowest BCUT2D eigenvalue weighted by atomic mass is 10.2. The second-order valence-corrected chi connectivity index (χ2v) is 3.82. The predicted molar refractivity (Wildman–Crippen MR) is 65.6 cm³/mol. The molecule has 0 radical (unpaired) electrons. The van der Waals surface area contributed by atoms with E-state index in [2.05, 4.69) is 10.3 Å². The highest BCUT2D eigenvalue weighted by Crippen LogP contribution is 2.19. The van der Waals surface area contributed by atoms with E-state index < -0.39 is 5.97 Å². The molecule has 1 aromatic carbocycles. The van der Waals surface area contributed by atoms with Gasteiger partial charge in [-0.1, -0.05) is 0 Å². The lowest BCUT2D eigenvalue weighted by Crippen LogP contribution is -2.01. The molecule has 0 saturated heterocycles. The van der Waals surface area contributed by atoms with Gasteiger partial charge in [0.2, 0.25) is 0 Å². The van der Waals surface area contributed by atoms with Crippen LogP contribution in [0.5, 0.6) is 0 Å². The van der Waals surface area contributed by atoms with Gasteiger partial charge in [0.1, 0.15) is 11.5 Å². The molecule has 0 aliphatic carbocycles. The number of aromatic carboxylic acids is 1. The monoisotopic (exact) mass is 246 g/mol. The Bertz CT molecular complexity index is 599. The highest BCUT2D eigenvalue weighted by atomic mass is 19.1. The number of rotatable bonds is 3. The van der Waals surface area contributed by atoms with Crippen LogP contribution in [0.3, 0.4) is 0 Å². The summed E-state index contributed by atoms with van der Waals surface area (Å²) >= 11 is 0. The van der Waals surface area contributed by atoms with Gasteiger partial charge in [-0.25, -0.2) is 14.2 Å². The number of carbonyl (C=O) groups is 1. The molecule has 4 nitrogen and oxygen atoms in total. The van der Waals surface area contributed by atoms with Crippen LogP contribution < -0.4 is 5.32 Å². The van der Waals surface area contributed by atoms with Crippen LogP contribution in [0.1, 0.15) is 16.1 Å². The van der Waals surface area contributed by atoms with Gasteiger partial charge in [-0.05, 0) is 42.8 Å². The number of benzene rings is 1. The highest BCUT2D eigenvalue weighted by molar-refractivity contribution is 5.86. The number of anilines is 2. The zero-order chi connectivity index (χ0) is 13.1. The van der Waals surface area contributed by atoms with Crippen molar-refractivity contribution >= 4 is 17.3 Å². The third-order valence-corrected chi connectivity index (χ3v) is 2.43. The second kappa shape index (κ2) is 4.83. The average Bonchev–Trinajstić information content (AvgIpc) is 2.34. The molecule has 0 aliphatic heterocycles.